The van der Waals surface area contributed by atoms with E-state index in [-0.39, 0.29) is 5.82 Å². The van der Waals surface area contributed by atoms with Crippen molar-refractivity contribution in [2.75, 3.05) is 12.4 Å². The van der Waals surface area contributed by atoms with Crippen LogP contribution in [0.4, 0.5) is 10.1 Å². The van der Waals surface area contributed by atoms with Crippen molar-refractivity contribution < 1.29 is 9.13 Å². The molecule has 0 aliphatic rings. The molecule has 2 rings (SSSR count). The Morgan fingerprint density at radius 2 is 1.84 bits per heavy atom. The molecule has 0 fully saturated rings. The van der Waals surface area contributed by atoms with Crippen LogP contribution in [0.5, 0.6) is 0 Å². The summed E-state index contributed by atoms with van der Waals surface area (Å²) in [5, 5.41) is 3.12. The van der Waals surface area contributed by atoms with Crippen LogP contribution < -0.4 is 5.32 Å². The fourth-order valence-corrected chi connectivity index (χ4v) is 1.98. The number of nitrogens with one attached hydrogen (secondary N) is 1. The van der Waals surface area contributed by atoms with Crippen molar-refractivity contribution in [2.24, 2.45) is 0 Å². The van der Waals surface area contributed by atoms with Crippen LogP contribution in [0.3, 0.4) is 0 Å². The van der Waals surface area contributed by atoms with E-state index in [4.69, 9.17) is 4.74 Å². The molecule has 3 heteroatoms. The summed E-state index contributed by atoms with van der Waals surface area (Å²) in [7, 11) is 1.67. The predicted octanol–water partition coefficient (Wildman–Crippen LogP) is 3.89. The Kier molecular flexibility index (Phi) is 4.53. The van der Waals surface area contributed by atoms with Crippen LogP contribution in [0.1, 0.15) is 16.7 Å². The molecule has 0 heterocycles. The highest BCUT2D eigenvalue weighted by Gasteiger charge is 2.04. The number of ether oxygens (including phenoxy) is 1. The first kappa shape index (κ1) is 13.6. The largest absolute Gasteiger partial charge is 0.380 e. The summed E-state index contributed by atoms with van der Waals surface area (Å²) in [4.78, 5) is 0. The zero-order valence-electron chi connectivity index (χ0n) is 11.2. The minimum absolute atomic E-state index is 0.218. The molecule has 0 amide bonds. The molecule has 0 spiro atoms. The summed E-state index contributed by atoms with van der Waals surface area (Å²) in [5.74, 6) is -0.218. The van der Waals surface area contributed by atoms with Gasteiger partial charge in [0.2, 0.25) is 0 Å². The van der Waals surface area contributed by atoms with Crippen LogP contribution in [-0.2, 0) is 17.9 Å². The standard InChI is InChI=1S/C16H18FNO/c1-12-7-8-16(15(17)9-12)18-10-13-5-3-4-6-14(13)11-19-2/h3-9,18H,10-11H2,1-2H3. The molecule has 19 heavy (non-hydrogen) atoms. The van der Waals surface area contributed by atoms with Gasteiger partial charge in [-0.15, -0.1) is 0 Å². The van der Waals surface area contributed by atoms with Gasteiger partial charge >= 0.3 is 0 Å². The average Bonchev–Trinajstić information content (AvgIpc) is 2.40. The molecule has 0 aliphatic carbocycles. The van der Waals surface area contributed by atoms with Crippen LogP contribution in [0.2, 0.25) is 0 Å². The fourth-order valence-electron chi connectivity index (χ4n) is 1.98. The molecule has 1 N–H and O–H groups in total. The van der Waals surface area contributed by atoms with E-state index in [0.717, 1.165) is 16.7 Å². The molecule has 2 aromatic carbocycles. The normalized spacial score (nSPS) is 10.5. The number of halogens is 1. The maximum absolute atomic E-state index is 13.7. The molecule has 0 aromatic heterocycles. The van der Waals surface area contributed by atoms with E-state index in [1.165, 1.54) is 6.07 Å². The maximum Gasteiger partial charge on any atom is 0.146 e. The summed E-state index contributed by atoms with van der Waals surface area (Å²) in [6, 6.07) is 13.2. The van der Waals surface area contributed by atoms with Gasteiger partial charge < -0.3 is 10.1 Å². The second kappa shape index (κ2) is 6.34. The Morgan fingerprint density at radius 3 is 2.53 bits per heavy atom. The number of aryl methyl sites for hydroxylation is 1. The summed E-state index contributed by atoms with van der Waals surface area (Å²) in [5.41, 5.74) is 3.68. The molecule has 0 aliphatic heterocycles. The lowest BCUT2D eigenvalue weighted by Gasteiger charge is -2.11. The SMILES string of the molecule is COCc1ccccc1CNc1ccc(C)cc1F. The van der Waals surface area contributed by atoms with Crippen molar-refractivity contribution >= 4 is 5.69 Å². The van der Waals surface area contributed by atoms with Gasteiger partial charge in [0.25, 0.3) is 0 Å². The lowest BCUT2D eigenvalue weighted by atomic mass is 10.1. The average molecular weight is 259 g/mol. The van der Waals surface area contributed by atoms with Gasteiger partial charge in [0.05, 0.1) is 12.3 Å². The summed E-state index contributed by atoms with van der Waals surface area (Å²) < 4.78 is 18.9. The first-order valence-corrected chi connectivity index (χ1v) is 6.26. The van der Waals surface area contributed by atoms with E-state index in [0.29, 0.717) is 18.8 Å². The van der Waals surface area contributed by atoms with Gasteiger partial charge in [0, 0.05) is 13.7 Å². The van der Waals surface area contributed by atoms with Gasteiger partial charge in [0.15, 0.2) is 0 Å². The van der Waals surface area contributed by atoms with Gasteiger partial charge in [-0.05, 0) is 35.7 Å². The molecule has 0 radical (unpaired) electrons. The van der Waals surface area contributed by atoms with E-state index >= 15 is 0 Å². The van der Waals surface area contributed by atoms with Gasteiger partial charge in [0.1, 0.15) is 5.82 Å². The van der Waals surface area contributed by atoms with Crippen molar-refractivity contribution in [3.63, 3.8) is 0 Å². The number of methoxy groups -OCH3 is 1. The van der Waals surface area contributed by atoms with E-state index in [1.807, 2.05) is 37.3 Å². The lowest BCUT2D eigenvalue weighted by Crippen LogP contribution is -2.05. The quantitative estimate of drug-likeness (QED) is 0.879. The number of benzene rings is 2. The molecule has 2 aromatic rings. The third-order valence-electron chi connectivity index (χ3n) is 3.01. The second-order valence-corrected chi connectivity index (χ2v) is 4.54. The zero-order chi connectivity index (χ0) is 13.7. The Balaban J connectivity index is 2.10. The molecule has 0 saturated carbocycles. The van der Waals surface area contributed by atoms with Crippen LogP contribution >= 0.6 is 0 Å². The van der Waals surface area contributed by atoms with Gasteiger partial charge in [-0.25, -0.2) is 4.39 Å². The van der Waals surface area contributed by atoms with Crippen molar-refractivity contribution in [3.8, 4) is 0 Å². The highest BCUT2D eigenvalue weighted by Crippen LogP contribution is 2.17. The van der Waals surface area contributed by atoms with Gasteiger partial charge in [-0.2, -0.15) is 0 Å². The summed E-state index contributed by atoms with van der Waals surface area (Å²) in [6.45, 7) is 3.02. The Morgan fingerprint density at radius 1 is 1.11 bits per heavy atom. The summed E-state index contributed by atoms with van der Waals surface area (Å²) in [6.07, 6.45) is 0. The molecule has 0 bridgehead atoms. The second-order valence-electron chi connectivity index (χ2n) is 4.54. The number of hydrogen-bond acceptors (Lipinski definition) is 2. The van der Waals surface area contributed by atoms with Crippen molar-refractivity contribution in [1.29, 1.82) is 0 Å². The third-order valence-corrected chi connectivity index (χ3v) is 3.01. The van der Waals surface area contributed by atoms with Crippen LogP contribution in [0.25, 0.3) is 0 Å². The van der Waals surface area contributed by atoms with Crippen LogP contribution in [0.15, 0.2) is 42.5 Å². The molecule has 2 nitrogen and oxygen atoms in total. The van der Waals surface area contributed by atoms with Gasteiger partial charge in [-0.3, -0.25) is 0 Å². The molecule has 0 unspecified atom stereocenters. The first-order chi connectivity index (χ1) is 9.20. The van der Waals surface area contributed by atoms with Gasteiger partial charge in [-0.1, -0.05) is 30.3 Å². The maximum atomic E-state index is 13.7. The molecule has 100 valence electrons. The molecule has 0 saturated heterocycles. The molecular weight excluding hydrogens is 241 g/mol. The fraction of sp³-hybridized carbons (Fsp3) is 0.250. The number of rotatable bonds is 5. The molecule has 0 atom stereocenters. The van der Waals surface area contributed by atoms with Crippen molar-refractivity contribution in [2.45, 2.75) is 20.1 Å². The number of anilines is 1. The van der Waals surface area contributed by atoms with E-state index in [9.17, 15) is 4.39 Å². The summed E-state index contributed by atoms with van der Waals surface area (Å²) >= 11 is 0. The third kappa shape index (κ3) is 3.55. The van der Waals surface area contributed by atoms with Crippen molar-refractivity contribution in [3.05, 3.63) is 65.0 Å². The van der Waals surface area contributed by atoms with E-state index in [1.54, 1.807) is 13.2 Å². The van der Waals surface area contributed by atoms with E-state index in [2.05, 4.69) is 5.32 Å². The van der Waals surface area contributed by atoms with Crippen LogP contribution in [-0.4, -0.2) is 7.11 Å². The number of hydrogen-bond donors (Lipinski definition) is 1. The molecular formula is C16H18FNO. The minimum atomic E-state index is -0.218. The lowest BCUT2D eigenvalue weighted by molar-refractivity contribution is 0.184. The van der Waals surface area contributed by atoms with Crippen molar-refractivity contribution in [1.82, 2.24) is 0 Å². The highest BCUT2D eigenvalue weighted by molar-refractivity contribution is 5.47. The highest BCUT2D eigenvalue weighted by atomic mass is 19.1. The first-order valence-electron chi connectivity index (χ1n) is 6.26. The smallest absolute Gasteiger partial charge is 0.146 e. The Hall–Kier alpha value is -1.87. The Labute approximate surface area is 113 Å². The topological polar surface area (TPSA) is 21.3 Å². The minimum Gasteiger partial charge on any atom is -0.380 e. The van der Waals surface area contributed by atoms with Crippen LogP contribution in [0, 0.1) is 12.7 Å². The monoisotopic (exact) mass is 259 g/mol. The van der Waals surface area contributed by atoms with E-state index < -0.39 is 0 Å². The zero-order valence-corrected chi connectivity index (χ0v) is 11.2. The predicted molar refractivity (Wildman–Crippen MR) is 75.6 cm³/mol. The Bertz CT molecular complexity index is 554.